The van der Waals surface area contributed by atoms with Gasteiger partial charge in [-0.05, 0) is 36.4 Å². The number of aliphatic hydroxyl groups excluding tert-OH is 1. The first-order valence-electron chi connectivity index (χ1n) is 9.05. The SMILES string of the molecule is CC(Nc1nc(-c2ccc(F)c3ccccc23)cc(C(C)C)n1)OCCO. The Morgan fingerprint density at radius 1 is 1.07 bits per heavy atom. The molecular formula is C21H24FN3O2. The zero-order chi connectivity index (χ0) is 19.4. The van der Waals surface area contributed by atoms with Crippen LogP contribution >= 0.6 is 0 Å². The van der Waals surface area contributed by atoms with Crippen molar-refractivity contribution in [1.82, 2.24) is 9.97 Å². The van der Waals surface area contributed by atoms with E-state index in [9.17, 15) is 4.39 Å². The third-order valence-corrected chi connectivity index (χ3v) is 4.28. The van der Waals surface area contributed by atoms with E-state index in [4.69, 9.17) is 9.84 Å². The molecule has 3 rings (SSSR count). The maximum absolute atomic E-state index is 14.2. The van der Waals surface area contributed by atoms with Crippen molar-refractivity contribution in [1.29, 1.82) is 0 Å². The summed E-state index contributed by atoms with van der Waals surface area (Å²) in [7, 11) is 0. The van der Waals surface area contributed by atoms with Crippen LogP contribution in [0.5, 0.6) is 0 Å². The molecule has 0 fully saturated rings. The highest BCUT2D eigenvalue weighted by atomic mass is 19.1. The fourth-order valence-electron chi connectivity index (χ4n) is 2.90. The Hall–Kier alpha value is -2.57. The first-order chi connectivity index (χ1) is 13.0. The van der Waals surface area contributed by atoms with Crippen LogP contribution in [-0.2, 0) is 4.74 Å². The summed E-state index contributed by atoms with van der Waals surface area (Å²) in [5.41, 5.74) is 2.45. The first kappa shape index (κ1) is 19.2. The number of benzene rings is 2. The lowest BCUT2D eigenvalue weighted by Gasteiger charge is -2.17. The third kappa shape index (κ3) is 4.40. The molecule has 0 aliphatic carbocycles. The standard InChI is InChI=1S/C21H24FN3O2/c1-13(2)19-12-20(25-21(24-19)23-14(3)27-11-10-26)17-8-9-18(22)16-7-5-4-6-15(16)17/h4-9,12-14,26H,10-11H2,1-3H3,(H,23,24,25). The smallest absolute Gasteiger partial charge is 0.225 e. The molecule has 0 saturated heterocycles. The van der Waals surface area contributed by atoms with E-state index in [2.05, 4.69) is 29.1 Å². The molecule has 0 radical (unpaired) electrons. The second kappa shape index (κ2) is 8.41. The van der Waals surface area contributed by atoms with Crippen molar-refractivity contribution in [2.75, 3.05) is 18.5 Å². The minimum absolute atomic E-state index is 0.0499. The Labute approximate surface area is 158 Å². The Morgan fingerprint density at radius 2 is 1.81 bits per heavy atom. The number of nitrogens with zero attached hydrogens (tertiary/aromatic N) is 2. The van der Waals surface area contributed by atoms with Crippen molar-refractivity contribution in [2.45, 2.75) is 32.9 Å². The van der Waals surface area contributed by atoms with Crippen molar-refractivity contribution in [3.63, 3.8) is 0 Å². The maximum Gasteiger partial charge on any atom is 0.225 e. The molecule has 0 bridgehead atoms. The van der Waals surface area contributed by atoms with Crippen LogP contribution in [0.25, 0.3) is 22.0 Å². The molecular weight excluding hydrogens is 345 g/mol. The molecule has 0 aliphatic heterocycles. The van der Waals surface area contributed by atoms with Crippen molar-refractivity contribution in [3.8, 4) is 11.3 Å². The van der Waals surface area contributed by atoms with Gasteiger partial charge in [-0.1, -0.05) is 38.1 Å². The van der Waals surface area contributed by atoms with Gasteiger partial charge >= 0.3 is 0 Å². The van der Waals surface area contributed by atoms with E-state index >= 15 is 0 Å². The van der Waals surface area contributed by atoms with Crippen LogP contribution in [0.3, 0.4) is 0 Å². The van der Waals surface area contributed by atoms with Crippen molar-refractivity contribution >= 4 is 16.7 Å². The number of halogens is 1. The average Bonchev–Trinajstić information content (AvgIpc) is 2.66. The number of hydrogen-bond acceptors (Lipinski definition) is 5. The van der Waals surface area contributed by atoms with E-state index in [1.165, 1.54) is 6.07 Å². The van der Waals surface area contributed by atoms with E-state index < -0.39 is 0 Å². The summed E-state index contributed by atoms with van der Waals surface area (Å²) in [4.78, 5) is 9.19. The zero-order valence-electron chi connectivity index (χ0n) is 15.7. The van der Waals surface area contributed by atoms with Gasteiger partial charge in [0.05, 0.1) is 18.9 Å². The number of fused-ring (bicyclic) bond motifs is 1. The van der Waals surface area contributed by atoms with Gasteiger partial charge in [0.25, 0.3) is 0 Å². The second-order valence-electron chi connectivity index (χ2n) is 6.68. The summed E-state index contributed by atoms with van der Waals surface area (Å²) in [6, 6.07) is 12.5. The van der Waals surface area contributed by atoms with E-state index in [1.807, 2.05) is 31.2 Å². The summed E-state index contributed by atoms with van der Waals surface area (Å²) in [6.45, 7) is 6.13. The molecule has 5 nitrogen and oxygen atoms in total. The highest BCUT2D eigenvalue weighted by Gasteiger charge is 2.14. The van der Waals surface area contributed by atoms with Crippen molar-refractivity contribution < 1.29 is 14.2 Å². The van der Waals surface area contributed by atoms with Gasteiger partial charge in [-0.3, -0.25) is 0 Å². The average molecular weight is 369 g/mol. The Balaban J connectivity index is 2.06. The van der Waals surface area contributed by atoms with Crippen LogP contribution in [0.1, 0.15) is 32.4 Å². The molecule has 2 aromatic carbocycles. The summed E-state index contributed by atoms with van der Waals surface area (Å²) >= 11 is 0. The number of aliphatic hydroxyl groups is 1. The maximum atomic E-state index is 14.2. The molecule has 0 aliphatic rings. The fraction of sp³-hybridized carbons (Fsp3) is 0.333. The molecule has 1 unspecified atom stereocenters. The van der Waals surface area contributed by atoms with E-state index in [0.29, 0.717) is 11.3 Å². The van der Waals surface area contributed by atoms with Gasteiger partial charge < -0.3 is 15.2 Å². The molecule has 0 spiro atoms. The number of ether oxygens (including phenoxy) is 1. The van der Waals surface area contributed by atoms with E-state index in [-0.39, 0.29) is 31.2 Å². The number of rotatable bonds is 7. The third-order valence-electron chi connectivity index (χ3n) is 4.28. The molecule has 2 N–H and O–H groups in total. The zero-order valence-corrected chi connectivity index (χ0v) is 15.7. The van der Waals surface area contributed by atoms with Crippen LogP contribution in [0.2, 0.25) is 0 Å². The molecule has 1 aromatic heterocycles. The lowest BCUT2D eigenvalue weighted by Crippen LogP contribution is -2.22. The Bertz CT molecular complexity index is 930. The second-order valence-corrected chi connectivity index (χ2v) is 6.68. The van der Waals surface area contributed by atoms with Gasteiger partial charge in [0.1, 0.15) is 12.0 Å². The van der Waals surface area contributed by atoms with Gasteiger partial charge in [-0.15, -0.1) is 0 Å². The molecule has 0 saturated carbocycles. The molecule has 1 atom stereocenters. The topological polar surface area (TPSA) is 67.3 Å². The molecule has 3 aromatic rings. The van der Waals surface area contributed by atoms with E-state index in [0.717, 1.165) is 22.3 Å². The lowest BCUT2D eigenvalue weighted by atomic mass is 10.00. The predicted molar refractivity (Wildman–Crippen MR) is 105 cm³/mol. The van der Waals surface area contributed by atoms with Crippen LogP contribution in [0, 0.1) is 5.82 Å². The minimum Gasteiger partial charge on any atom is -0.394 e. The minimum atomic E-state index is -0.350. The van der Waals surface area contributed by atoms with Gasteiger partial charge in [0.15, 0.2) is 0 Å². The monoisotopic (exact) mass is 369 g/mol. The number of nitrogens with one attached hydrogen (secondary N) is 1. The molecule has 1 heterocycles. The molecule has 142 valence electrons. The highest BCUT2D eigenvalue weighted by Crippen LogP contribution is 2.31. The van der Waals surface area contributed by atoms with E-state index in [1.54, 1.807) is 12.1 Å². The largest absolute Gasteiger partial charge is 0.394 e. The Kier molecular flexibility index (Phi) is 5.98. The molecule has 6 heteroatoms. The number of aromatic nitrogens is 2. The van der Waals surface area contributed by atoms with Crippen LogP contribution in [0.15, 0.2) is 42.5 Å². The summed E-state index contributed by atoms with van der Waals surface area (Å²) in [5.74, 6) is 0.389. The normalized spacial score (nSPS) is 12.5. The van der Waals surface area contributed by atoms with Crippen LogP contribution in [0.4, 0.5) is 10.3 Å². The van der Waals surface area contributed by atoms with Gasteiger partial charge in [-0.2, -0.15) is 0 Å². The lowest BCUT2D eigenvalue weighted by molar-refractivity contribution is 0.0538. The quantitative estimate of drug-likeness (QED) is 0.607. The van der Waals surface area contributed by atoms with Gasteiger partial charge in [0.2, 0.25) is 5.95 Å². The van der Waals surface area contributed by atoms with Crippen LogP contribution in [-0.4, -0.2) is 34.5 Å². The van der Waals surface area contributed by atoms with Gasteiger partial charge in [-0.25, -0.2) is 14.4 Å². The molecule has 27 heavy (non-hydrogen) atoms. The summed E-state index contributed by atoms with van der Waals surface area (Å²) in [6.07, 6.45) is -0.350. The van der Waals surface area contributed by atoms with Crippen LogP contribution < -0.4 is 5.32 Å². The first-order valence-corrected chi connectivity index (χ1v) is 9.05. The fourth-order valence-corrected chi connectivity index (χ4v) is 2.90. The van der Waals surface area contributed by atoms with Crippen molar-refractivity contribution in [3.05, 3.63) is 54.0 Å². The summed E-state index contributed by atoms with van der Waals surface area (Å²) < 4.78 is 19.6. The number of anilines is 1. The summed E-state index contributed by atoms with van der Waals surface area (Å²) in [5, 5.41) is 13.4. The Morgan fingerprint density at radius 3 is 2.52 bits per heavy atom. The van der Waals surface area contributed by atoms with Crippen molar-refractivity contribution in [2.24, 2.45) is 0 Å². The number of hydrogen-bond donors (Lipinski definition) is 2. The molecule has 0 amide bonds. The highest BCUT2D eigenvalue weighted by molar-refractivity contribution is 5.96. The van der Waals surface area contributed by atoms with Gasteiger partial charge in [0, 0.05) is 16.6 Å². The predicted octanol–water partition coefficient (Wildman–Crippen LogP) is 4.33.